The third-order valence-electron chi connectivity index (χ3n) is 2.74. The van der Waals surface area contributed by atoms with Gasteiger partial charge in [-0.2, -0.15) is 4.31 Å². The van der Waals surface area contributed by atoms with Crippen molar-refractivity contribution in [3.05, 3.63) is 0 Å². The van der Waals surface area contributed by atoms with Crippen molar-refractivity contribution in [2.45, 2.75) is 46.0 Å². The summed E-state index contributed by atoms with van der Waals surface area (Å²) in [7, 11) is -8.69. The second-order valence-electron chi connectivity index (χ2n) is 4.41. The summed E-state index contributed by atoms with van der Waals surface area (Å²) < 4.78 is 39.5. The van der Waals surface area contributed by atoms with Crippen LogP contribution in [0.2, 0.25) is 0 Å². The summed E-state index contributed by atoms with van der Waals surface area (Å²) in [6, 6.07) is 0. The third kappa shape index (κ3) is 6.97. The van der Waals surface area contributed by atoms with Gasteiger partial charge in [0.1, 0.15) is 0 Å². The molecule has 1 aliphatic rings. The first-order valence-corrected chi connectivity index (χ1v) is 9.16. The van der Waals surface area contributed by atoms with E-state index in [1.807, 2.05) is 0 Å². The Balaban J connectivity index is 2.15. The number of unbranched alkanes of at least 4 members (excludes halogenated alkanes) is 2. The highest BCUT2D eigenvalue weighted by molar-refractivity contribution is 7.61. The Morgan fingerprint density at radius 1 is 1.21 bits per heavy atom. The van der Waals surface area contributed by atoms with Gasteiger partial charge in [0.15, 0.2) is 0 Å². The SMILES string of the molecule is CCC(C)CCCCCOP1(=O)OOOP(=O)(O)O1. The van der Waals surface area contributed by atoms with Crippen molar-refractivity contribution in [2.24, 2.45) is 5.92 Å². The van der Waals surface area contributed by atoms with E-state index in [1.54, 1.807) is 0 Å². The van der Waals surface area contributed by atoms with Gasteiger partial charge in [0.2, 0.25) is 0 Å². The van der Waals surface area contributed by atoms with E-state index in [0.29, 0.717) is 12.3 Å². The van der Waals surface area contributed by atoms with Gasteiger partial charge in [0.25, 0.3) is 0 Å². The first-order chi connectivity index (χ1) is 8.87. The molecule has 114 valence electrons. The predicted octanol–water partition coefficient (Wildman–Crippen LogP) is 3.73. The van der Waals surface area contributed by atoms with E-state index in [2.05, 4.69) is 32.5 Å². The van der Waals surface area contributed by atoms with Crippen LogP contribution in [0.4, 0.5) is 0 Å². The van der Waals surface area contributed by atoms with Gasteiger partial charge in [-0.05, 0) is 17.4 Å². The predicted molar refractivity (Wildman–Crippen MR) is 65.6 cm³/mol. The van der Waals surface area contributed by atoms with Crippen molar-refractivity contribution in [3.63, 3.8) is 0 Å². The Morgan fingerprint density at radius 2 is 1.95 bits per heavy atom. The van der Waals surface area contributed by atoms with Crippen LogP contribution in [0.1, 0.15) is 46.0 Å². The van der Waals surface area contributed by atoms with Crippen molar-refractivity contribution in [1.82, 2.24) is 0 Å². The minimum Gasteiger partial charge on any atom is -0.301 e. The molecule has 3 unspecified atom stereocenters. The summed E-state index contributed by atoms with van der Waals surface area (Å²) in [6.45, 7) is 4.42. The average Bonchev–Trinajstić information content (AvgIpc) is 2.31. The summed E-state index contributed by atoms with van der Waals surface area (Å²) in [5, 5.41) is 3.80. The largest absolute Gasteiger partial charge is 0.513 e. The van der Waals surface area contributed by atoms with E-state index >= 15 is 0 Å². The van der Waals surface area contributed by atoms with Gasteiger partial charge >= 0.3 is 15.6 Å². The van der Waals surface area contributed by atoms with Gasteiger partial charge in [0, 0.05) is 0 Å². The molecule has 1 aliphatic heterocycles. The molecule has 0 saturated carbocycles. The maximum atomic E-state index is 11.6. The lowest BCUT2D eigenvalue weighted by molar-refractivity contribution is -0.437. The van der Waals surface area contributed by atoms with Crippen LogP contribution in [0, 0.1) is 5.92 Å². The second-order valence-corrected chi connectivity index (χ2v) is 7.45. The highest BCUT2D eigenvalue weighted by Crippen LogP contribution is 2.67. The van der Waals surface area contributed by atoms with Crippen molar-refractivity contribution >= 4 is 15.6 Å². The summed E-state index contributed by atoms with van der Waals surface area (Å²) in [4.78, 5) is 8.89. The molecule has 0 aromatic heterocycles. The van der Waals surface area contributed by atoms with Crippen LogP contribution in [-0.4, -0.2) is 11.5 Å². The summed E-state index contributed by atoms with van der Waals surface area (Å²) in [5.41, 5.74) is 0. The van der Waals surface area contributed by atoms with Crippen LogP contribution < -0.4 is 0 Å². The molecule has 0 aromatic rings. The summed E-state index contributed by atoms with van der Waals surface area (Å²) >= 11 is 0. The zero-order valence-electron chi connectivity index (χ0n) is 11.0. The Labute approximate surface area is 112 Å². The molecule has 1 N–H and O–H groups in total. The van der Waals surface area contributed by atoms with Crippen LogP contribution in [-0.2, 0) is 32.4 Å². The van der Waals surface area contributed by atoms with Gasteiger partial charge in [-0.1, -0.05) is 48.9 Å². The fourth-order valence-corrected chi connectivity index (χ4v) is 3.51. The zero-order chi connectivity index (χ0) is 14.4. The molecule has 0 radical (unpaired) electrons. The van der Waals surface area contributed by atoms with E-state index in [-0.39, 0.29) is 6.61 Å². The maximum absolute atomic E-state index is 11.6. The van der Waals surface area contributed by atoms with Crippen molar-refractivity contribution in [2.75, 3.05) is 6.61 Å². The third-order valence-corrected chi connectivity index (χ3v) is 5.35. The lowest BCUT2D eigenvalue weighted by Crippen LogP contribution is -2.08. The average molecular weight is 318 g/mol. The molecule has 3 atom stereocenters. The Bertz CT molecular complexity index is 360. The Morgan fingerprint density at radius 3 is 2.58 bits per heavy atom. The standard InChI is InChI=1S/C9H20O8P2/c1-3-9(2)7-5-4-6-8-13-19(12)16-14-15-18(10,11)17-19/h9H,3-8H2,1-2H3,(H,10,11). The minimum absolute atomic E-state index is 0.0845. The van der Waals surface area contributed by atoms with Crippen LogP contribution in [0.15, 0.2) is 0 Å². The van der Waals surface area contributed by atoms with Gasteiger partial charge < -0.3 is 4.89 Å². The molecule has 0 aromatic carbocycles. The number of hydrogen-bond acceptors (Lipinski definition) is 7. The van der Waals surface area contributed by atoms with Crippen LogP contribution >= 0.6 is 15.6 Å². The molecular weight excluding hydrogens is 298 g/mol. The minimum atomic E-state index is -4.52. The fourth-order valence-electron chi connectivity index (χ4n) is 1.44. The molecule has 10 heteroatoms. The smallest absolute Gasteiger partial charge is 0.301 e. The summed E-state index contributed by atoms with van der Waals surface area (Å²) in [5.74, 6) is 0.690. The fraction of sp³-hybridized carbons (Fsp3) is 1.00. The molecular formula is C9H20O8P2. The Kier molecular flexibility index (Phi) is 7.14. The molecule has 1 saturated heterocycles. The zero-order valence-corrected chi connectivity index (χ0v) is 12.8. The van der Waals surface area contributed by atoms with E-state index in [1.165, 1.54) is 0 Å². The maximum Gasteiger partial charge on any atom is 0.513 e. The number of hydrogen-bond donors (Lipinski definition) is 1. The monoisotopic (exact) mass is 318 g/mol. The van der Waals surface area contributed by atoms with E-state index in [9.17, 15) is 9.13 Å². The summed E-state index contributed by atoms with van der Waals surface area (Å²) in [6.07, 6.45) is 4.87. The number of phosphoric acid groups is 2. The molecule has 1 rings (SSSR count). The molecule has 19 heavy (non-hydrogen) atoms. The van der Waals surface area contributed by atoms with E-state index in [0.717, 1.165) is 25.7 Å². The molecule has 1 fully saturated rings. The van der Waals surface area contributed by atoms with Crippen LogP contribution in [0.5, 0.6) is 0 Å². The molecule has 0 aliphatic carbocycles. The van der Waals surface area contributed by atoms with Gasteiger partial charge in [0.05, 0.1) is 6.61 Å². The first kappa shape index (κ1) is 17.3. The topological polar surface area (TPSA) is 101 Å². The normalized spacial score (nSPS) is 33.2. The highest BCUT2D eigenvalue weighted by atomic mass is 31.3. The van der Waals surface area contributed by atoms with Gasteiger partial charge in [-0.25, -0.2) is 9.13 Å². The van der Waals surface area contributed by atoms with Gasteiger partial charge in [-0.15, -0.1) is 0 Å². The molecule has 8 nitrogen and oxygen atoms in total. The van der Waals surface area contributed by atoms with Crippen molar-refractivity contribution in [1.29, 1.82) is 0 Å². The van der Waals surface area contributed by atoms with Crippen LogP contribution in [0.3, 0.4) is 0 Å². The Hall–Kier alpha value is 0.220. The van der Waals surface area contributed by atoms with Gasteiger partial charge in [-0.3, -0.25) is 4.52 Å². The van der Waals surface area contributed by atoms with E-state index in [4.69, 9.17) is 9.42 Å². The second kappa shape index (κ2) is 7.86. The van der Waals surface area contributed by atoms with Crippen molar-refractivity contribution < 1.29 is 37.2 Å². The lowest BCUT2D eigenvalue weighted by Gasteiger charge is -2.21. The highest BCUT2D eigenvalue weighted by Gasteiger charge is 2.45. The molecule has 0 bridgehead atoms. The molecule has 0 spiro atoms. The number of rotatable bonds is 8. The van der Waals surface area contributed by atoms with Crippen molar-refractivity contribution in [3.8, 4) is 0 Å². The first-order valence-electron chi connectivity index (χ1n) is 6.20. The lowest BCUT2D eigenvalue weighted by atomic mass is 10.0. The molecule has 1 heterocycles. The van der Waals surface area contributed by atoms with E-state index < -0.39 is 15.6 Å². The van der Waals surface area contributed by atoms with Crippen LogP contribution in [0.25, 0.3) is 0 Å². The molecule has 0 amide bonds. The quantitative estimate of drug-likeness (QED) is 0.410.